The molecule has 2 aromatic rings. The van der Waals surface area contributed by atoms with Crippen LogP contribution in [-0.4, -0.2) is 48.5 Å². The summed E-state index contributed by atoms with van der Waals surface area (Å²) in [5.74, 6) is 1.74. The Morgan fingerprint density at radius 2 is 1.96 bits per heavy atom. The van der Waals surface area contributed by atoms with Crippen LogP contribution in [0.3, 0.4) is 0 Å². The number of hydrogen-bond acceptors (Lipinski definition) is 3. The lowest BCUT2D eigenvalue weighted by atomic mass is 9.76. The zero-order valence-corrected chi connectivity index (χ0v) is 16.5. The highest BCUT2D eigenvalue weighted by atomic mass is 16.5. The van der Waals surface area contributed by atoms with Crippen molar-refractivity contribution >= 4 is 5.91 Å². The molecular weight excluding hydrogens is 348 g/mol. The fourth-order valence-corrected chi connectivity index (χ4v) is 5.56. The van der Waals surface area contributed by atoms with E-state index in [1.54, 1.807) is 7.11 Å². The monoisotopic (exact) mass is 376 g/mol. The molecule has 4 nitrogen and oxygen atoms in total. The van der Waals surface area contributed by atoms with Crippen molar-refractivity contribution in [2.24, 2.45) is 5.92 Å². The molecule has 2 fully saturated rings. The zero-order chi connectivity index (χ0) is 19.1. The van der Waals surface area contributed by atoms with Gasteiger partial charge in [-0.1, -0.05) is 24.3 Å². The Kier molecular flexibility index (Phi) is 4.59. The number of likely N-dealkylation sites (tertiary alicyclic amines) is 1. The van der Waals surface area contributed by atoms with E-state index in [9.17, 15) is 4.79 Å². The van der Waals surface area contributed by atoms with Gasteiger partial charge in [-0.15, -0.1) is 0 Å². The van der Waals surface area contributed by atoms with E-state index >= 15 is 0 Å². The predicted octanol–water partition coefficient (Wildman–Crippen LogP) is 3.92. The molecule has 0 aliphatic carbocycles. The molecule has 0 spiro atoms. The number of nitrogens with zero attached hydrogens (tertiary/aromatic N) is 2. The lowest BCUT2D eigenvalue weighted by molar-refractivity contribution is -0.00581. The molecule has 0 radical (unpaired) electrons. The Morgan fingerprint density at radius 3 is 2.79 bits per heavy atom. The highest BCUT2D eigenvalue weighted by Gasteiger charge is 2.44. The third-order valence-corrected chi connectivity index (χ3v) is 6.95. The summed E-state index contributed by atoms with van der Waals surface area (Å²) in [5.41, 5.74) is 3.67. The molecule has 0 unspecified atom stereocenters. The van der Waals surface area contributed by atoms with E-state index in [0.717, 1.165) is 50.2 Å². The van der Waals surface area contributed by atoms with E-state index in [1.165, 1.54) is 17.5 Å². The van der Waals surface area contributed by atoms with Gasteiger partial charge in [0.1, 0.15) is 5.75 Å². The number of ether oxygens (including phenoxy) is 1. The second kappa shape index (κ2) is 7.25. The van der Waals surface area contributed by atoms with Crippen molar-refractivity contribution in [1.82, 2.24) is 9.80 Å². The minimum atomic E-state index is 0.203. The maximum absolute atomic E-state index is 13.2. The summed E-state index contributed by atoms with van der Waals surface area (Å²) in [6.07, 6.45) is 4.49. The largest absolute Gasteiger partial charge is 0.497 e. The summed E-state index contributed by atoms with van der Waals surface area (Å²) < 4.78 is 5.43. The van der Waals surface area contributed by atoms with Crippen molar-refractivity contribution < 1.29 is 9.53 Å². The Bertz CT molecular complexity index is 866. The average molecular weight is 377 g/mol. The van der Waals surface area contributed by atoms with Crippen LogP contribution in [-0.2, 0) is 6.42 Å². The molecule has 0 aromatic heterocycles. The van der Waals surface area contributed by atoms with Gasteiger partial charge >= 0.3 is 0 Å². The highest BCUT2D eigenvalue weighted by molar-refractivity contribution is 5.94. The van der Waals surface area contributed by atoms with E-state index in [4.69, 9.17) is 4.74 Å². The average Bonchev–Trinajstić information content (AvgIpc) is 2.77. The van der Waals surface area contributed by atoms with Gasteiger partial charge in [0.05, 0.1) is 7.11 Å². The molecule has 28 heavy (non-hydrogen) atoms. The molecule has 146 valence electrons. The quantitative estimate of drug-likeness (QED) is 0.796. The van der Waals surface area contributed by atoms with Crippen LogP contribution < -0.4 is 4.74 Å². The van der Waals surface area contributed by atoms with Crippen molar-refractivity contribution in [2.75, 3.05) is 26.7 Å². The number of piperidine rings is 2. The summed E-state index contributed by atoms with van der Waals surface area (Å²) in [6, 6.07) is 17.1. The molecule has 0 bridgehead atoms. The number of methoxy groups -OCH3 is 1. The van der Waals surface area contributed by atoms with E-state index in [0.29, 0.717) is 18.0 Å². The van der Waals surface area contributed by atoms with Gasteiger partial charge in [-0.25, -0.2) is 0 Å². The van der Waals surface area contributed by atoms with Gasteiger partial charge < -0.3 is 9.64 Å². The molecule has 0 N–H and O–H groups in total. The van der Waals surface area contributed by atoms with Crippen LogP contribution in [0.15, 0.2) is 48.5 Å². The third-order valence-electron chi connectivity index (χ3n) is 6.95. The smallest absolute Gasteiger partial charge is 0.254 e. The fourth-order valence-electron chi connectivity index (χ4n) is 5.56. The molecule has 2 aromatic carbocycles. The molecular formula is C24H28N2O2. The first-order valence-electron chi connectivity index (χ1n) is 10.5. The number of carbonyl (C=O) groups is 1. The van der Waals surface area contributed by atoms with Crippen molar-refractivity contribution in [1.29, 1.82) is 0 Å². The van der Waals surface area contributed by atoms with Gasteiger partial charge in [0.15, 0.2) is 0 Å². The number of amides is 1. The molecule has 0 saturated carbocycles. The van der Waals surface area contributed by atoms with Crippen LogP contribution >= 0.6 is 0 Å². The minimum absolute atomic E-state index is 0.203. The van der Waals surface area contributed by atoms with E-state index < -0.39 is 0 Å². The summed E-state index contributed by atoms with van der Waals surface area (Å²) in [5, 5.41) is 0. The Morgan fingerprint density at radius 1 is 1.11 bits per heavy atom. The van der Waals surface area contributed by atoms with E-state index in [-0.39, 0.29) is 5.91 Å². The lowest BCUT2D eigenvalue weighted by Gasteiger charge is -2.52. The third kappa shape index (κ3) is 3.00. The molecule has 2 saturated heterocycles. The predicted molar refractivity (Wildman–Crippen MR) is 110 cm³/mol. The van der Waals surface area contributed by atoms with Gasteiger partial charge in [-0.3, -0.25) is 9.69 Å². The second-order valence-corrected chi connectivity index (χ2v) is 8.40. The standard InChI is InChI=1S/C24H28N2O2/c1-28-20-9-10-21-18(14-20)11-13-25-16-19-8-5-12-26(22(19)15-23(21)25)24(27)17-6-3-2-4-7-17/h2-4,6-7,9-10,14,19,22-23H,5,8,11-13,15-16H2,1H3/t19-,22+,23+/m1/s1. The Balaban J connectivity index is 1.43. The molecule has 5 rings (SSSR count). The molecule has 3 atom stereocenters. The Hall–Kier alpha value is -2.33. The SMILES string of the molecule is COc1ccc2c(c1)CCN1C[C@H]3CCCN(C(=O)c4ccccc4)[C@H]3C[C@@H]21. The molecule has 3 heterocycles. The first kappa shape index (κ1) is 17.7. The number of fused-ring (bicyclic) bond motifs is 4. The summed E-state index contributed by atoms with van der Waals surface area (Å²) >= 11 is 0. The van der Waals surface area contributed by atoms with Crippen molar-refractivity contribution in [3.8, 4) is 5.75 Å². The van der Waals surface area contributed by atoms with Gasteiger partial charge in [0.2, 0.25) is 0 Å². The molecule has 4 heteroatoms. The normalized spacial score (nSPS) is 26.8. The number of carbonyl (C=O) groups excluding carboxylic acids is 1. The fraction of sp³-hybridized carbons (Fsp3) is 0.458. The van der Waals surface area contributed by atoms with Crippen LogP contribution in [0.1, 0.15) is 46.8 Å². The van der Waals surface area contributed by atoms with Crippen LogP contribution in [0.25, 0.3) is 0 Å². The van der Waals surface area contributed by atoms with Crippen molar-refractivity contribution in [2.45, 2.75) is 37.8 Å². The van der Waals surface area contributed by atoms with Crippen LogP contribution in [0, 0.1) is 5.92 Å². The maximum atomic E-state index is 13.2. The van der Waals surface area contributed by atoms with Gasteiger partial charge in [-0.2, -0.15) is 0 Å². The van der Waals surface area contributed by atoms with Gasteiger partial charge in [-0.05, 0) is 67.0 Å². The highest BCUT2D eigenvalue weighted by Crippen LogP contribution is 2.43. The summed E-state index contributed by atoms with van der Waals surface area (Å²) in [4.78, 5) is 18.1. The zero-order valence-electron chi connectivity index (χ0n) is 16.5. The second-order valence-electron chi connectivity index (χ2n) is 8.40. The van der Waals surface area contributed by atoms with Gasteiger partial charge in [0, 0.05) is 37.3 Å². The van der Waals surface area contributed by atoms with Crippen molar-refractivity contribution in [3.05, 3.63) is 65.2 Å². The summed E-state index contributed by atoms with van der Waals surface area (Å²) in [6.45, 7) is 3.11. The number of hydrogen-bond donors (Lipinski definition) is 0. The van der Waals surface area contributed by atoms with E-state index in [1.807, 2.05) is 30.3 Å². The minimum Gasteiger partial charge on any atom is -0.497 e. The number of benzene rings is 2. The Labute approximate surface area is 167 Å². The van der Waals surface area contributed by atoms with Crippen LogP contribution in [0.5, 0.6) is 5.75 Å². The first-order valence-corrected chi connectivity index (χ1v) is 10.5. The van der Waals surface area contributed by atoms with Crippen LogP contribution in [0.4, 0.5) is 0 Å². The molecule has 3 aliphatic rings. The summed E-state index contributed by atoms with van der Waals surface area (Å²) in [7, 11) is 1.73. The first-order chi connectivity index (χ1) is 13.7. The number of rotatable bonds is 2. The lowest BCUT2D eigenvalue weighted by Crippen LogP contribution is -2.57. The topological polar surface area (TPSA) is 32.8 Å². The van der Waals surface area contributed by atoms with Crippen molar-refractivity contribution in [3.63, 3.8) is 0 Å². The van der Waals surface area contributed by atoms with Crippen LogP contribution in [0.2, 0.25) is 0 Å². The maximum Gasteiger partial charge on any atom is 0.254 e. The molecule has 1 amide bonds. The van der Waals surface area contributed by atoms with Gasteiger partial charge in [0.25, 0.3) is 5.91 Å². The molecule has 3 aliphatic heterocycles. The van der Waals surface area contributed by atoms with E-state index in [2.05, 4.69) is 28.0 Å².